The molecule has 0 spiro atoms. The first-order valence-corrected chi connectivity index (χ1v) is 10.2. The first-order valence-electron chi connectivity index (χ1n) is 8.35. The van der Waals surface area contributed by atoms with E-state index in [2.05, 4.69) is 20.8 Å². The van der Waals surface area contributed by atoms with Crippen molar-refractivity contribution in [2.24, 2.45) is 5.16 Å². The van der Waals surface area contributed by atoms with Crippen molar-refractivity contribution in [3.63, 3.8) is 0 Å². The van der Waals surface area contributed by atoms with Gasteiger partial charge in [-0.3, -0.25) is 4.28 Å². The van der Waals surface area contributed by atoms with Crippen LogP contribution >= 0.6 is 0 Å². The molecule has 3 rings (SSSR count). The molecule has 0 aromatic heterocycles. The fraction of sp³-hybridized carbons (Fsp3) is 0.0476. The summed E-state index contributed by atoms with van der Waals surface area (Å²) < 4.78 is 27.2. The molecule has 2 aromatic carbocycles. The van der Waals surface area contributed by atoms with Crippen molar-refractivity contribution in [2.45, 2.75) is 0 Å². The number of hydrogen-bond acceptors (Lipinski definition) is 6. The molecule has 0 saturated carbocycles. The summed E-state index contributed by atoms with van der Waals surface area (Å²) in [5.74, 6) is 0. The summed E-state index contributed by atoms with van der Waals surface area (Å²) in [6.07, 6.45) is 5.97. The van der Waals surface area contributed by atoms with Gasteiger partial charge in [0.25, 0.3) is 0 Å². The molecule has 1 aliphatic carbocycles. The summed E-state index contributed by atoms with van der Waals surface area (Å²) in [6.45, 7) is 0. The smallest absolute Gasteiger partial charge is 0.325 e. The van der Waals surface area contributed by atoms with Crippen LogP contribution in [0.2, 0.25) is 0 Å². The van der Waals surface area contributed by atoms with Gasteiger partial charge in [0.05, 0.1) is 17.5 Å². The number of nitrogens with one attached hydrogen (secondary N) is 1. The Morgan fingerprint density at radius 2 is 1.68 bits per heavy atom. The molecule has 0 heterocycles. The quantitative estimate of drug-likeness (QED) is 0.617. The molecule has 2 aromatic rings. The van der Waals surface area contributed by atoms with Gasteiger partial charge < -0.3 is 5.32 Å². The van der Waals surface area contributed by atoms with E-state index in [4.69, 9.17) is 0 Å². The predicted molar refractivity (Wildman–Crippen MR) is 110 cm³/mol. The molecule has 0 bridgehead atoms. The Kier molecular flexibility index (Phi) is 5.72. The number of allylic oxidation sites excluding steroid dienone is 5. The Hall–Kier alpha value is -3.63. The first kappa shape index (κ1) is 19.1. The Morgan fingerprint density at radius 1 is 1.04 bits per heavy atom. The van der Waals surface area contributed by atoms with Crippen LogP contribution in [0, 0.1) is 11.3 Å². The monoisotopic (exact) mass is 391 g/mol. The summed E-state index contributed by atoms with van der Waals surface area (Å²) in [6, 6.07) is 20.9. The van der Waals surface area contributed by atoms with Crippen molar-refractivity contribution in [3.05, 3.63) is 95.7 Å². The summed E-state index contributed by atoms with van der Waals surface area (Å²) in [5, 5.41) is 16.6. The van der Waals surface area contributed by atoms with Gasteiger partial charge in [0.1, 0.15) is 11.8 Å². The second-order valence-electron chi connectivity index (χ2n) is 5.95. The van der Waals surface area contributed by atoms with E-state index < -0.39 is 10.1 Å². The molecule has 0 aliphatic heterocycles. The highest BCUT2D eigenvalue weighted by molar-refractivity contribution is 7.85. The maximum atomic E-state index is 11.3. The molecule has 1 N–H and O–H groups in total. The van der Waals surface area contributed by atoms with Gasteiger partial charge in [0.15, 0.2) is 0 Å². The van der Waals surface area contributed by atoms with E-state index in [1.807, 2.05) is 60.7 Å². The normalized spacial score (nSPS) is 16.9. The molecular weight excluding hydrogens is 374 g/mol. The predicted octanol–water partition coefficient (Wildman–Crippen LogP) is 3.86. The molecule has 0 amide bonds. The summed E-state index contributed by atoms with van der Waals surface area (Å²) >= 11 is 0. The Morgan fingerprint density at radius 3 is 2.29 bits per heavy atom. The zero-order valence-corrected chi connectivity index (χ0v) is 15.8. The minimum atomic E-state index is -3.74. The van der Waals surface area contributed by atoms with Crippen LogP contribution in [0.3, 0.4) is 0 Å². The van der Waals surface area contributed by atoms with Crippen molar-refractivity contribution in [3.8, 4) is 6.07 Å². The zero-order chi connectivity index (χ0) is 20.0. The Bertz CT molecular complexity index is 1120. The second-order valence-corrected chi connectivity index (χ2v) is 7.50. The molecule has 0 atom stereocenters. The van der Waals surface area contributed by atoms with E-state index in [9.17, 15) is 13.7 Å². The molecule has 1 aliphatic rings. The first-order chi connectivity index (χ1) is 13.5. The average molecular weight is 391 g/mol. The topological polar surface area (TPSA) is 91.6 Å². The van der Waals surface area contributed by atoms with Gasteiger partial charge in [-0.25, -0.2) is 0 Å². The lowest BCUT2D eigenvalue weighted by Crippen LogP contribution is -2.14. The highest BCUT2D eigenvalue weighted by atomic mass is 32.2. The number of oxime groups is 1. The van der Waals surface area contributed by atoms with Gasteiger partial charge in [0.2, 0.25) is 0 Å². The van der Waals surface area contributed by atoms with Crippen LogP contribution in [0.15, 0.2) is 95.3 Å². The highest BCUT2D eigenvalue weighted by Gasteiger charge is 2.16. The number of nitriles is 1. The number of nitrogens with zero attached hydrogens (tertiary/aromatic N) is 2. The van der Waals surface area contributed by atoms with Crippen LogP contribution in [-0.4, -0.2) is 20.4 Å². The molecule has 0 unspecified atom stereocenters. The van der Waals surface area contributed by atoms with E-state index in [1.165, 1.54) is 0 Å². The lowest BCUT2D eigenvalue weighted by atomic mass is 9.96. The third-order valence-electron chi connectivity index (χ3n) is 3.78. The van der Waals surface area contributed by atoms with Gasteiger partial charge in [-0.05, 0) is 35.4 Å². The number of anilines is 1. The van der Waals surface area contributed by atoms with E-state index in [0.717, 1.165) is 17.5 Å². The van der Waals surface area contributed by atoms with Gasteiger partial charge in [-0.15, -0.1) is 0 Å². The summed E-state index contributed by atoms with van der Waals surface area (Å²) in [5.41, 5.74) is 3.54. The lowest BCUT2D eigenvalue weighted by molar-refractivity contribution is 0.343. The molecular formula is C21H17N3O3S. The molecule has 7 heteroatoms. The molecule has 140 valence electrons. The van der Waals surface area contributed by atoms with Crippen LogP contribution in [0.25, 0.3) is 5.57 Å². The Balaban J connectivity index is 2.06. The van der Waals surface area contributed by atoms with Gasteiger partial charge in [-0.1, -0.05) is 59.8 Å². The SMILES string of the molecule is CS(=O)(=O)ON=C1C=CC(=C(C#N)c2ccccc2)C=C1Nc1ccccc1. The van der Waals surface area contributed by atoms with Crippen LogP contribution in [0.5, 0.6) is 0 Å². The zero-order valence-electron chi connectivity index (χ0n) is 15.0. The van der Waals surface area contributed by atoms with Gasteiger partial charge >= 0.3 is 10.1 Å². The maximum absolute atomic E-state index is 11.3. The molecule has 0 saturated heterocycles. The highest BCUT2D eigenvalue weighted by Crippen LogP contribution is 2.25. The van der Waals surface area contributed by atoms with Crippen molar-refractivity contribution in [1.29, 1.82) is 5.26 Å². The van der Waals surface area contributed by atoms with Gasteiger partial charge in [-0.2, -0.15) is 13.7 Å². The minimum absolute atomic E-state index is 0.295. The van der Waals surface area contributed by atoms with Crippen LogP contribution < -0.4 is 5.32 Å². The maximum Gasteiger partial charge on any atom is 0.325 e. The average Bonchev–Trinajstić information content (AvgIpc) is 2.69. The summed E-state index contributed by atoms with van der Waals surface area (Å²) in [7, 11) is -3.74. The molecule has 0 fully saturated rings. The largest absolute Gasteiger partial charge is 0.354 e. The van der Waals surface area contributed by atoms with Crippen molar-refractivity contribution < 1.29 is 12.7 Å². The van der Waals surface area contributed by atoms with Crippen LogP contribution in [-0.2, 0) is 14.4 Å². The van der Waals surface area contributed by atoms with Crippen molar-refractivity contribution in [1.82, 2.24) is 0 Å². The van der Waals surface area contributed by atoms with Crippen molar-refractivity contribution >= 4 is 27.1 Å². The number of benzene rings is 2. The number of rotatable bonds is 5. The van der Waals surface area contributed by atoms with Crippen molar-refractivity contribution in [2.75, 3.05) is 11.6 Å². The van der Waals surface area contributed by atoms with E-state index in [0.29, 0.717) is 22.6 Å². The fourth-order valence-electron chi connectivity index (χ4n) is 2.56. The summed E-state index contributed by atoms with van der Waals surface area (Å²) in [4.78, 5) is 0. The number of para-hydroxylation sites is 1. The van der Waals surface area contributed by atoms with E-state index in [-0.39, 0.29) is 0 Å². The standard InChI is InChI=1S/C21H17N3O3S/c1-28(25,26)27-24-20-13-12-17(19(15-22)16-8-4-2-5-9-16)14-21(20)23-18-10-6-3-7-11-18/h2-14,23H,1H3. The van der Waals surface area contributed by atoms with Crippen LogP contribution in [0.4, 0.5) is 5.69 Å². The fourth-order valence-corrected chi connectivity index (χ4v) is 2.77. The van der Waals surface area contributed by atoms with Crippen LogP contribution in [0.1, 0.15) is 5.56 Å². The minimum Gasteiger partial charge on any atom is -0.354 e. The Labute approximate surface area is 163 Å². The van der Waals surface area contributed by atoms with Gasteiger partial charge in [0, 0.05) is 5.69 Å². The third kappa shape index (κ3) is 4.96. The van der Waals surface area contributed by atoms with E-state index >= 15 is 0 Å². The molecule has 0 radical (unpaired) electrons. The van der Waals surface area contributed by atoms with E-state index in [1.54, 1.807) is 18.2 Å². The third-order valence-corrected chi connectivity index (χ3v) is 4.13. The molecule has 6 nitrogen and oxygen atoms in total. The molecule has 28 heavy (non-hydrogen) atoms. The lowest BCUT2D eigenvalue weighted by Gasteiger charge is -2.16. The second kappa shape index (κ2) is 8.37. The number of hydrogen-bond donors (Lipinski definition) is 1.